The lowest BCUT2D eigenvalue weighted by molar-refractivity contribution is 0.222. The molecule has 2 N–H and O–H groups in total. The van der Waals surface area contributed by atoms with Crippen LogP contribution in [0.5, 0.6) is 0 Å². The number of pyridine rings is 1. The fourth-order valence-corrected chi connectivity index (χ4v) is 2.09. The number of ether oxygens (including phenoxy) is 1. The number of hydrogen-bond donors (Lipinski definition) is 1. The van der Waals surface area contributed by atoms with Crippen molar-refractivity contribution in [2.45, 2.75) is 19.4 Å². The van der Waals surface area contributed by atoms with Gasteiger partial charge in [-0.25, -0.2) is 4.98 Å². The molecule has 1 aliphatic heterocycles. The lowest BCUT2D eigenvalue weighted by Crippen LogP contribution is -2.30. The Kier molecular flexibility index (Phi) is 4.33. The van der Waals surface area contributed by atoms with E-state index < -0.39 is 0 Å². The Hall–Kier alpha value is -1.39. The van der Waals surface area contributed by atoms with Gasteiger partial charge in [0, 0.05) is 32.4 Å². The monoisotopic (exact) mass is 247 g/mol. The molecule has 0 spiro atoms. The topological polar surface area (TPSA) is 51.4 Å². The first kappa shape index (κ1) is 13.1. The summed E-state index contributed by atoms with van der Waals surface area (Å²) in [7, 11) is 1.74. The van der Waals surface area contributed by atoms with Crippen molar-refractivity contribution in [3.05, 3.63) is 35.5 Å². The summed E-state index contributed by atoms with van der Waals surface area (Å²) in [5.41, 5.74) is 8.27. The van der Waals surface area contributed by atoms with Crippen molar-refractivity contribution in [1.29, 1.82) is 0 Å². The van der Waals surface area contributed by atoms with Gasteiger partial charge in [-0.05, 0) is 30.5 Å². The standard InChI is InChI=1S/C14H21N3O/c1-11(15)13-3-4-14(16-9-13)17-7-5-12(6-8-17)10-18-2/h3-5,9,11H,6-8,10,15H2,1-2H3/t11-/m1/s1. The van der Waals surface area contributed by atoms with Gasteiger partial charge in [0.25, 0.3) is 0 Å². The Bertz CT molecular complexity index is 412. The van der Waals surface area contributed by atoms with Crippen LogP contribution in [-0.4, -0.2) is 31.8 Å². The van der Waals surface area contributed by atoms with E-state index in [4.69, 9.17) is 10.5 Å². The van der Waals surface area contributed by atoms with Gasteiger partial charge in [0.1, 0.15) is 5.82 Å². The smallest absolute Gasteiger partial charge is 0.128 e. The van der Waals surface area contributed by atoms with Crippen LogP contribution in [0.25, 0.3) is 0 Å². The first-order valence-corrected chi connectivity index (χ1v) is 6.34. The highest BCUT2D eigenvalue weighted by molar-refractivity contribution is 5.42. The molecule has 0 saturated carbocycles. The van der Waals surface area contributed by atoms with E-state index >= 15 is 0 Å². The van der Waals surface area contributed by atoms with E-state index in [0.29, 0.717) is 0 Å². The average molecular weight is 247 g/mol. The predicted octanol–water partition coefficient (Wildman–Crippen LogP) is 1.88. The van der Waals surface area contributed by atoms with Crippen molar-refractivity contribution >= 4 is 5.82 Å². The molecule has 98 valence electrons. The molecule has 2 rings (SSSR count). The molecule has 0 fully saturated rings. The second-order valence-corrected chi connectivity index (χ2v) is 4.73. The van der Waals surface area contributed by atoms with Gasteiger partial charge in [-0.2, -0.15) is 0 Å². The maximum atomic E-state index is 5.82. The van der Waals surface area contributed by atoms with Crippen LogP contribution in [0.4, 0.5) is 5.82 Å². The molecule has 0 radical (unpaired) electrons. The predicted molar refractivity (Wildman–Crippen MR) is 73.6 cm³/mol. The maximum Gasteiger partial charge on any atom is 0.128 e. The van der Waals surface area contributed by atoms with Gasteiger partial charge in [-0.1, -0.05) is 12.1 Å². The molecule has 18 heavy (non-hydrogen) atoms. The molecule has 4 nitrogen and oxygen atoms in total. The second-order valence-electron chi connectivity index (χ2n) is 4.73. The molecule has 1 aromatic rings. The molecule has 0 saturated heterocycles. The Morgan fingerprint density at radius 2 is 2.33 bits per heavy atom. The van der Waals surface area contributed by atoms with E-state index in [1.807, 2.05) is 19.2 Å². The van der Waals surface area contributed by atoms with Gasteiger partial charge in [0.2, 0.25) is 0 Å². The minimum atomic E-state index is 0.0427. The minimum absolute atomic E-state index is 0.0427. The number of nitrogens with two attached hydrogens (primary N) is 1. The van der Waals surface area contributed by atoms with Crippen molar-refractivity contribution in [3.8, 4) is 0 Å². The highest BCUT2D eigenvalue weighted by Crippen LogP contribution is 2.19. The quantitative estimate of drug-likeness (QED) is 0.825. The zero-order valence-electron chi connectivity index (χ0n) is 11.1. The summed E-state index contributed by atoms with van der Waals surface area (Å²) in [6.45, 7) is 4.62. The van der Waals surface area contributed by atoms with Crippen LogP contribution in [0, 0.1) is 0 Å². The van der Waals surface area contributed by atoms with E-state index in [9.17, 15) is 0 Å². The largest absolute Gasteiger partial charge is 0.380 e. The third-order valence-corrected chi connectivity index (χ3v) is 3.25. The molecule has 0 aliphatic carbocycles. The summed E-state index contributed by atoms with van der Waals surface area (Å²) < 4.78 is 5.15. The van der Waals surface area contributed by atoms with E-state index in [1.54, 1.807) is 7.11 Å². The van der Waals surface area contributed by atoms with Gasteiger partial charge in [0.05, 0.1) is 6.61 Å². The zero-order chi connectivity index (χ0) is 13.0. The van der Waals surface area contributed by atoms with Crippen LogP contribution < -0.4 is 10.6 Å². The molecule has 2 heterocycles. The van der Waals surface area contributed by atoms with Crippen molar-refractivity contribution in [3.63, 3.8) is 0 Å². The van der Waals surface area contributed by atoms with E-state index in [0.717, 1.165) is 37.5 Å². The molecule has 1 aromatic heterocycles. The Labute approximate surface area is 108 Å². The molecule has 0 bridgehead atoms. The number of hydrogen-bond acceptors (Lipinski definition) is 4. The molecule has 4 heteroatoms. The van der Waals surface area contributed by atoms with Gasteiger partial charge in [-0.3, -0.25) is 0 Å². The fourth-order valence-electron chi connectivity index (χ4n) is 2.09. The van der Waals surface area contributed by atoms with Crippen LogP contribution in [-0.2, 0) is 4.74 Å². The summed E-state index contributed by atoms with van der Waals surface area (Å²) >= 11 is 0. The maximum absolute atomic E-state index is 5.82. The van der Waals surface area contributed by atoms with Crippen LogP contribution in [0.2, 0.25) is 0 Å². The number of aromatic nitrogens is 1. The van der Waals surface area contributed by atoms with E-state index in [2.05, 4.69) is 22.0 Å². The summed E-state index contributed by atoms with van der Waals surface area (Å²) in [6.07, 6.45) is 5.15. The lowest BCUT2D eigenvalue weighted by Gasteiger charge is -2.27. The molecule has 0 amide bonds. The Morgan fingerprint density at radius 1 is 1.50 bits per heavy atom. The summed E-state index contributed by atoms with van der Waals surface area (Å²) in [5, 5.41) is 0. The normalized spacial score (nSPS) is 17.5. The number of nitrogens with zero attached hydrogens (tertiary/aromatic N) is 2. The highest BCUT2D eigenvalue weighted by atomic mass is 16.5. The average Bonchev–Trinajstić information content (AvgIpc) is 2.40. The first-order chi connectivity index (χ1) is 8.70. The second kappa shape index (κ2) is 5.98. The summed E-state index contributed by atoms with van der Waals surface area (Å²) in [5.74, 6) is 1.02. The summed E-state index contributed by atoms with van der Waals surface area (Å²) in [6, 6.07) is 4.15. The van der Waals surface area contributed by atoms with Crippen molar-refractivity contribution in [2.75, 3.05) is 31.7 Å². The third kappa shape index (κ3) is 3.09. The van der Waals surface area contributed by atoms with Crippen LogP contribution in [0.15, 0.2) is 30.0 Å². The Morgan fingerprint density at radius 3 is 2.83 bits per heavy atom. The van der Waals surface area contributed by atoms with E-state index in [-0.39, 0.29) is 6.04 Å². The highest BCUT2D eigenvalue weighted by Gasteiger charge is 2.13. The molecule has 0 unspecified atom stereocenters. The van der Waals surface area contributed by atoms with Gasteiger partial charge in [0.15, 0.2) is 0 Å². The minimum Gasteiger partial charge on any atom is -0.380 e. The molecule has 0 aromatic carbocycles. The lowest BCUT2D eigenvalue weighted by atomic mass is 10.1. The van der Waals surface area contributed by atoms with Gasteiger partial charge >= 0.3 is 0 Å². The summed E-state index contributed by atoms with van der Waals surface area (Å²) in [4.78, 5) is 6.75. The number of rotatable bonds is 4. The van der Waals surface area contributed by atoms with Gasteiger partial charge < -0.3 is 15.4 Å². The van der Waals surface area contributed by atoms with Crippen molar-refractivity contribution in [1.82, 2.24) is 4.98 Å². The molecule has 1 atom stereocenters. The van der Waals surface area contributed by atoms with Crippen LogP contribution in [0.1, 0.15) is 24.9 Å². The fraction of sp³-hybridized carbons (Fsp3) is 0.500. The molecular formula is C14H21N3O. The zero-order valence-corrected chi connectivity index (χ0v) is 11.1. The van der Waals surface area contributed by atoms with Crippen molar-refractivity contribution < 1.29 is 4.74 Å². The first-order valence-electron chi connectivity index (χ1n) is 6.34. The molecule has 1 aliphatic rings. The van der Waals surface area contributed by atoms with Crippen LogP contribution in [0.3, 0.4) is 0 Å². The number of methoxy groups -OCH3 is 1. The van der Waals surface area contributed by atoms with Gasteiger partial charge in [-0.15, -0.1) is 0 Å². The Balaban J connectivity index is 2.01. The van der Waals surface area contributed by atoms with Crippen LogP contribution >= 0.6 is 0 Å². The SMILES string of the molecule is COCC1=CCN(c2ccc([C@@H](C)N)cn2)CC1. The molecular weight excluding hydrogens is 226 g/mol. The van der Waals surface area contributed by atoms with Crippen molar-refractivity contribution in [2.24, 2.45) is 5.73 Å². The number of anilines is 1. The van der Waals surface area contributed by atoms with E-state index in [1.165, 1.54) is 5.57 Å². The third-order valence-electron chi connectivity index (χ3n) is 3.25.